The second kappa shape index (κ2) is 11.3. The number of hydrogen-bond donors (Lipinski definition) is 2. The molecule has 0 bridgehead atoms. The van der Waals surface area contributed by atoms with Gasteiger partial charge in [0.2, 0.25) is 5.91 Å². The van der Waals surface area contributed by atoms with Crippen LogP contribution in [-0.4, -0.2) is 83.0 Å². The fourth-order valence-corrected chi connectivity index (χ4v) is 4.66. The minimum atomic E-state index is -0.0986. The van der Waals surface area contributed by atoms with Crippen molar-refractivity contribution in [1.82, 2.24) is 30.0 Å². The molecular formula is C20H34Cl2N6O2. The quantitative estimate of drug-likeness (QED) is 0.686. The summed E-state index contributed by atoms with van der Waals surface area (Å²) in [4.78, 5) is 33.8. The molecule has 2 fully saturated rings. The highest BCUT2D eigenvalue weighted by molar-refractivity contribution is 5.92. The van der Waals surface area contributed by atoms with Crippen molar-refractivity contribution in [2.24, 2.45) is 0 Å². The van der Waals surface area contributed by atoms with Gasteiger partial charge in [-0.15, -0.1) is 24.8 Å². The van der Waals surface area contributed by atoms with Gasteiger partial charge in [-0.05, 0) is 32.7 Å². The van der Waals surface area contributed by atoms with E-state index in [1.54, 1.807) is 0 Å². The number of imidazole rings is 1. The van der Waals surface area contributed by atoms with Gasteiger partial charge >= 0.3 is 0 Å². The van der Waals surface area contributed by atoms with Crippen LogP contribution in [0, 0.1) is 0 Å². The highest BCUT2D eigenvalue weighted by Gasteiger charge is 2.33. The van der Waals surface area contributed by atoms with E-state index in [1.165, 1.54) is 0 Å². The molecule has 0 aliphatic carbocycles. The van der Waals surface area contributed by atoms with Crippen molar-refractivity contribution >= 4 is 36.6 Å². The minimum absolute atomic E-state index is 0. The molecule has 0 spiro atoms. The smallest absolute Gasteiger partial charge is 0.271 e. The van der Waals surface area contributed by atoms with E-state index in [-0.39, 0.29) is 48.7 Å². The topological polar surface area (TPSA) is 82.5 Å². The van der Waals surface area contributed by atoms with Gasteiger partial charge in [0.15, 0.2) is 0 Å². The Bertz CT molecular complexity index is 699. The van der Waals surface area contributed by atoms with Crippen LogP contribution in [0.2, 0.25) is 0 Å². The van der Waals surface area contributed by atoms with Gasteiger partial charge in [-0.1, -0.05) is 0 Å². The lowest BCUT2D eigenvalue weighted by atomic mass is 10.1. The van der Waals surface area contributed by atoms with Gasteiger partial charge in [0, 0.05) is 70.4 Å². The summed E-state index contributed by atoms with van der Waals surface area (Å²) < 4.78 is 2.08. The van der Waals surface area contributed by atoms with Crippen LogP contribution in [0.3, 0.4) is 0 Å². The molecule has 4 rings (SSSR count). The van der Waals surface area contributed by atoms with E-state index in [1.807, 2.05) is 11.1 Å². The fraction of sp³-hybridized carbons (Fsp3) is 0.750. The maximum atomic E-state index is 12.6. The number of nitrogens with zero attached hydrogens (tertiary/aromatic N) is 4. The first-order chi connectivity index (χ1) is 13.6. The van der Waals surface area contributed by atoms with Crippen LogP contribution in [0.5, 0.6) is 0 Å². The number of nitrogens with one attached hydrogen (secondary N) is 2. The Morgan fingerprint density at radius 2 is 1.87 bits per heavy atom. The molecule has 0 aromatic carbocycles. The van der Waals surface area contributed by atoms with E-state index < -0.39 is 0 Å². The summed E-state index contributed by atoms with van der Waals surface area (Å²) in [7, 11) is 2.08. The number of carbonyl (C=O) groups is 2. The summed E-state index contributed by atoms with van der Waals surface area (Å²) in [5.41, 5.74) is 0.512. The van der Waals surface area contributed by atoms with Crippen LogP contribution in [0.25, 0.3) is 0 Å². The SMILES string of the molecule is CN1[C@@H](CC(=O)N2CCCC2)CC[C@H]1CNC(=O)c1cn2c(n1)CCNCC2.Cl.Cl. The second-order valence-electron chi connectivity index (χ2n) is 8.29. The van der Waals surface area contributed by atoms with Gasteiger partial charge in [0.25, 0.3) is 5.91 Å². The summed E-state index contributed by atoms with van der Waals surface area (Å²) in [6.45, 7) is 5.11. The predicted octanol–water partition coefficient (Wildman–Crippen LogP) is 1.08. The predicted molar refractivity (Wildman–Crippen MR) is 121 cm³/mol. The van der Waals surface area contributed by atoms with Crippen LogP contribution in [-0.2, 0) is 17.8 Å². The molecule has 0 unspecified atom stereocenters. The third kappa shape index (κ3) is 5.66. The average molecular weight is 461 g/mol. The molecule has 2 atom stereocenters. The standard InChI is InChI=1S/C20H32N6O2.2ClH/c1-24-15(12-19(27)25-9-2-3-10-25)4-5-16(24)13-22-20(28)17-14-26-11-8-21-7-6-18(26)23-17;;/h14-16,21H,2-13H2,1H3,(H,22,28);2*1H/t15-,16+;;/m1../s1. The molecule has 4 heterocycles. The van der Waals surface area contributed by atoms with E-state index in [0.29, 0.717) is 18.7 Å². The number of carbonyl (C=O) groups excluding carboxylic acids is 2. The molecule has 8 nitrogen and oxygen atoms in total. The molecule has 1 aromatic heterocycles. The molecule has 30 heavy (non-hydrogen) atoms. The summed E-state index contributed by atoms with van der Waals surface area (Å²) >= 11 is 0. The number of likely N-dealkylation sites (N-methyl/N-ethyl adjacent to an activating group) is 1. The Kier molecular flexibility index (Phi) is 9.40. The van der Waals surface area contributed by atoms with Crippen molar-refractivity contribution < 1.29 is 9.59 Å². The van der Waals surface area contributed by atoms with Gasteiger partial charge in [0.1, 0.15) is 11.5 Å². The van der Waals surface area contributed by atoms with Crippen LogP contribution in [0.4, 0.5) is 0 Å². The van der Waals surface area contributed by atoms with Gasteiger partial charge in [0.05, 0.1) is 0 Å². The average Bonchev–Trinajstić information content (AvgIpc) is 3.40. The first-order valence-electron chi connectivity index (χ1n) is 10.7. The number of rotatable bonds is 5. The van der Waals surface area contributed by atoms with Crippen LogP contribution in [0.15, 0.2) is 6.20 Å². The minimum Gasteiger partial charge on any atom is -0.349 e. The zero-order valence-corrected chi connectivity index (χ0v) is 19.3. The Morgan fingerprint density at radius 1 is 1.13 bits per heavy atom. The summed E-state index contributed by atoms with van der Waals surface area (Å²) in [5, 5.41) is 6.40. The molecular weight excluding hydrogens is 427 g/mol. The van der Waals surface area contributed by atoms with E-state index in [9.17, 15) is 9.59 Å². The molecule has 10 heteroatoms. The number of hydrogen-bond acceptors (Lipinski definition) is 5. The van der Waals surface area contributed by atoms with Gasteiger partial charge < -0.3 is 20.1 Å². The maximum Gasteiger partial charge on any atom is 0.271 e. The molecule has 3 aliphatic rings. The first-order valence-corrected chi connectivity index (χ1v) is 10.7. The van der Waals surface area contributed by atoms with E-state index in [2.05, 4.69) is 32.1 Å². The van der Waals surface area contributed by atoms with E-state index >= 15 is 0 Å². The van der Waals surface area contributed by atoms with Crippen molar-refractivity contribution in [1.29, 1.82) is 0 Å². The third-order valence-corrected chi connectivity index (χ3v) is 6.50. The summed E-state index contributed by atoms with van der Waals surface area (Å²) in [5.74, 6) is 1.17. The van der Waals surface area contributed by atoms with Crippen molar-refractivity contribution in [2.75, 3.05) is 39.8 Å². The summed E-state index contributed by atoms with van der Waals surface area (Å²) in [6.07, 6.45) is 7.62. The van der Waals surface area contributed by atoms with Crippen LogP contribution >= 0.6 is 24.8 Å². The van der Waals surface area contributed by atoms with E-state index in [0.717, 1.165) is 70.7 Å². The number of halogens is 2. The van der Waals surface area contributed by atoms with Crippen LogP contribution in [0.1, 0.15) is 48.4 Å². The zero-order chi connectivity index (χ0) is 19.5. The third-order valence-electron chi connectivity index (χ3n) is 6.50. The largest absolute Gasteiger partial charge is 0.349 e. The Labute approximate surface area is 191 Å². The number of aromatic nitrogens is 2. The first kappa shape index (κ1) is 24.9. The lowest BCUT2D eigenvalue weighted by molar-refractivity contribution is -0.131. The van der Waals surface area contributed by atoms with E-state index in [4.69, 9.17) is 0 Å². The Morgan fingerprint density at radius 3 is 2.63 bits per heavy atom. The van der Waals surface area contributed by atoms with Gasteiger partial charge in [-0.25, -0.2) is 4.98 Å². The normalized spacial score (nSPS) is 23.8. The highest BCUT2D eigenvalue weighted by Crippen LogP contribution is 2.25. The van der Waals surface area contributed by atoms with Crippen molar-refractivity contribution in [2.45, 2.75) is 57.2 Å². The lowest BCUT2D eigenvalue weighted by Crippen LogP contribution is -2.42. The van der Waals surface area contributed by atoms with Crippen LogP contribution < -0.4 is 10.6 Å². The zero-order valence-electron chi connectivity index (χ0n) is 17.6. The monoisotopic (exact) mass is 460 g/mol. The van der Waals surface area contributed by atoms with Crippen molar-refractivity contribution in [3.8, 4) is 0 Å². The second-order valence-corrected chi connectivity index (χ2v) is 8.29. The Balaban J connectivity index is 0.00000160. The maximum absolute atomic E-state index is 12.6. The molecule has 0 radical (unpaired) electrons. The molecule has 1 aromatic rings. The molecule has 2 saturated heterocycles. The van der Waals surface area contributed by atoms with Crippen molar-refractivity contribution in [3.05, 3.63) is 17.7 Å². The molecule has 170 valence electrons. The molecule has 3 aliphatic heterocycles. The Hall–Kier alpha value is -1.35. The fourth-order valence-electron chi connectivity index (χ4n) is 4.66. The number of likely N-dealkylation sites (tertiary alicyclic amines) is 2. The van der Waals surface area contributed by atoms with Gasteiger partial charge in [-0.3, -0.25) is 14.5 Å². The molecule has 0 saturated carbocycles. The lowest BCUT2D eigenvalue weighted by Gasteiger charge is -2.27. The van der Waals surface area contributed by atoms with Gasteiger partial charge in [-0.2, -0.15) is 0 Å². The molecule has 2 amide bonds. The highest BCUT2D eigenvalue weighted by atomic mass is 35.5. The number of fused-ring (bicyclic) bond motifs is 1. The van der Waals surface area contributed by atoms with Crippen molar-refractivity contribution in [3.63, 3.8) is 0 Å². The summed E-state index contributed by atoms with van der Waals surface area (Å²) in [6, 6.07) is 0.566. The molecule has 2 N–H and O–H groups in total. The number of amides is 2.